The summed E-state index contributed by atoms with van der Waals surface area (Å²) < 4.78 is 0. The number of anilines is 1. The first-order valence-corrected chi connectivity index (χ1v) is 9.37. The van der Waals surface area contributed by atoms with Gasteiger partial charge in [-0.05, 0) is 36.8 Å². The molecule has 2 aromatic heterocycles. The summed E-state index contributed by atoms with van der Waals surface area (Å²) >= 11 is 1.64. The molecular formula is C21H19N3OS. The molecule has 0 N–H and O–H groups in total. The van der Waals surface area contributed by atoms with Crippen LogP contribution in [0.15, 0.2) is 72.2 Å². The predicted molar refractivity (Wildman–Crippen MR) is 106 cm³/mol. The number of nitrogens with zero attached hydrogens (tertiary/aromatic N) is 3. The molecule has 0 saturated carbocycles. The SMILES string of the molecule is Cc1nc(CON(Cc2ccnc3ccccc23)c2ccccc2)cs1. The summed E-state index contributed by atoms with van der Waals surface area (Å²) in [5.74, 6) is 0. The normalized spacial score (nSPS) is 11.0. The topological polar surface area (TPSA) is 38.2 Å². The fourth-order valence-electron chi connectivity index (χ4n) is 2.87. The van der Waals surface area contributed by atoms with Crippen molar-refractivity contribution >= 4 is 27.9 Å². The highest BCUT2D eigenvalue weighted by molar-refractivity contribution is 7.09. The van der Waals surface area contributed by atoms with Crippen LogP contribution in [-0.4, -0.2) is 9.97 Å². The van der Waals surface area contributed by atoms with Crippen LogP contribution < -0.4 is 5.06 Å². The maximum absolute atomic E-state index is 6.14. The van der Waals surface area contributed by atoms with E-state index in [1.807, 2.05) is 60.0 Å². The number of aryl methyl sites for hydroxylation is 1. The molecule has 2 aromatic carbocycles. The van der Waals surface area contributed by atoms with Gasteiger partial charge in [0.1, 0.15) is 6.61 Å². The van der Waals surface area contributed by atoms with E-state index in [1.165, 1.54) is 5.56 Å². The number of hydroxylamine groups is 1. The number of hydrogen-bond donors (Lipinski definition) is 0. The van der Waals surface area contributed by atoms with E-state index in [0.717, 1.165) is 27.3 Å². The van der Waals surface area contributed by atoms with Gasteiger partial charge in [0.25, 0.3) is 0 Å². The van der Waals surface area contributed by atoms with Crippen molar-refractivity contribution in [3.63, 3.8) is 0 Å². The average molecular weight is 361 g/mol. The van der Waals surface area contributed by atoms with Gasteiger partial charge in [0, 0.05) is 17.0 Å². The Kier molecular flexibility index (Phi) is 4.91. The lowest BCUT2D eigenvalue weighted by Crippen LogP contribution is -2.23. The number of rotatable bonds is 6. The molecule has 0 aliphatic rings. The maximum atomic E-state index is 6.14. The van der Waals surface area contributed by atoms with Crippen LogP contribution in [-0.2, 0) is 18.0 Å². The minimum absolute atomic E-state index is 0.447. The largest absolute Gasteiger partial charge is 0.267 e. The minimum Gasteiger partial charge on any atom is -0.267 e. The van der Waals surface area contributed by atoms with Gasteiger partial charge in [-0.3, -0.25) is 9.82 Å². The zero-order chi connectivity index (χ0) is 17.8. The molecule has 4 aromatic rings. The van der Waals surface area contributed by atoms with Crippen molar-refractivity contribution in [1.82, 2.24) is 9.97 Å². The second-order valence-electron chi connectivity index (χ2n) is 5.99. The number of hydrogen-bond acceptors (Lipinski definition) is 5. The van der Waals surface area contributed by atoms with Gasteiger partial charge in [0.05, 0.1) is 28.5 Å². The Balaban J connectivity index is 1.62. The zero-order valence-corrected chi connectivity index (χ0v) is 15.3. The molecule has 0 spiro atoms. The third-order valence-electron chi connectivity index (χ3n) is 4.13. The van der Waals surface area contributed by atoms with E-state index in [1.54, 1.807) is 11.3 Å². The van der Waals surface area contributed by atoms with Crippen LogP contribution in [0, 0.1) is 6.92 Å². The van der Waals surface area contributed by atoms with E-state index in [0.29, 0.717) is 13.2 Å². The third-order valence-corrected chi connectivity index (χ3v) is 4.95. The molecule has 4 rings (SSSR count). The van der Waals surface area contributed by atoms with Crippen LogP contribution in [0.5, 0.6) is 0 Å². The van der Waals surface area contributed by atoms with Crippen LogP contribution in [0.25, 0.3) is 10.9 Å². The lowest BCUT2D eigenvalue weighted by Gasteiger charge is -2.24. The molecule has 4 nitrogen and oxygen atoms in total. The van der Waals surface area contributed by atoms with Gasteiger partial charge in [0.15, 0.2) is 0 Å². The lowest BCUT2D eigenvalue weighted by atomic mass is 10.1. The Labute approximate surface area is 156 Å². The lowest BCUT2D eigenvalue weighted by molar-refractivity contribution is 0.0890. The molecule has 0 fully saturated rings. The van der Waals surface area contributed by atoms with Gasteiger partial charge in [-0.1, -0.05) is 36.4 Å². The summed E-state index contributed by atoms with van der Waals surface area (Å²) in [5, 5.41) is 6.16. The van der Waals surface area contributed by atoms with Gasteiger partial charge in [-0.25, -0.2) is 10.0 Å². The highest BCUT2D eigenvalue weighted by Crippen LogP contribution is 2.23. The summed E-state index contributed by atoms with van der Waals surface area (Å²) in [4.78, 5) is 15.1. The monoisotopic (exact) mass is 361 g/mol. The van der Waals surface area contributed by atoms with Gasteiger partial charge in [-0.15, -0.1) is 11.3 Å². The minimum atomic E-state index is 0.447. The number of fused-ring (bicyclic) bond motifs is 1. The van der Waals surface area contributed by atoms with Gasteiger partial charge < -0.3 is 0 Å². The van der Waals surface area contributed by atoms with Crippen LogP contribution in [0.2, 0.25) is 0 Å². The summed E-state index contributed by atoms with van der Waals surface area (Å²) in [6, 6.07) is 20.4. The number of pyridine rings is 1. The van der Waals surface area contributed by atoms with E-state index >= 15 is 0 Å². The molecule has 0 aliphatic carbocycles. The Hall–Kier alpha value is -2.76. The second-order valence-corrected chi connectivity index (χ2v) is 7.05. The van der Waals surface area contributed by atoms with Crippen molar-refractivity contribution in [1.29, 1.82) is 0 Å². The van der Waals surface area contributed by atoms with Crippen LogP contribution >= 0.6 is 11.3 Å². The van der Waals surface area contributed by atoms with Crippen LogP contribution in [0.4, 0.5) is 5.69 Å². The Morgan fingerprint density at radius 2 is 1.81 bits per heavy atom. The molecule has 0 aliphatic heterocycles. The van der Waals surface area contributed by atoms with Crippen molar-refractivity contribution in [2.75, 3.05) is 5.06 Å². The van der Waals surface area contributed by atoms with E-state index in [4.69, 9.17) is 4.84 Å². The van der Waals surface area contributed by atoms with Crippen molar-refractivity contribution in [2.45, 2.75) is 20.1 Å². The van der Waals surface area contributed by atoms with Crippen LogP contribution in [0.1, 0.15) is 16.3 Å². The molecule has 0 radical (unpaired) electrons. The Bertz CT molecular complexity index is 995. The number of benzene rings is 2. The van der Waals surface area contributed by atoms with E-state index in [2.05, 4.69) is 34.2 Å². The molecule has 0 bridgehead atoms. The molecule has 0 atom stereocenters. The molecule has 2 heterocycles. The van der Waals surface area contributed by atoms with Gasteiger partial charge >= 0.3 is 0 Å². The summed E-state index contributed by atoms with van der Waals surface area (Å²) in [7, 11) is 0. The standard InChI is InChI=1S/C21H19N3OS/c1-16-23-18(15-26-16)14-25-24(19-7-3-2-4-8-19)13-17-11-12-22-21-10-6-5-9-20(17)21/h2-12,15H,13-14H2,1H3. The molecule has 0 unspecified atom stereocenters. The third kappa shape index (κ3) is 3.74. The van der Waals surface area contributed by atoms with Crippen molar-refractivity contribution < 1.29 is 4.84 Å². The average Bonchev–Trinajstić information content (AvgIpc) is 3.11. The molecule has 130 valence electrons. The number of thiazole rings is 1. The zero-order valence-electron chi connectivity index (χ0n) is 14.5. The van der Waals surface area contributed by atoms with Gasteiger partial charge in [-0.2, -0.15) is 0 Å². The Morgan fingerprint density at radius 1 is 1.00 bits per heavy atom. The number of aromatic nitrogens is 2. The van der Waals surface area contributed by atoms with E-state index in [9.17, 15) is 0 Å². The van der Waals surface area contributed by atoms with Crippen molar-refractivity contribution in [3.8, 4) is 0 Å². The quantitative estimate of drug-likeness (QED) is 0.446. The molecule has 0 saturated heterocycles. The maximum Gasteiger partial charge on any atom is 0.118 e. The highest BCUT2D eigenvalue weighted by atomic mass is 32.1. The fraction of sp³-hybridized carbons (Fsp3) is 0.143. The fourth-order valence-corrected chi connectivity index (χ4v) is 3.47. The van der Waals surface area contributed by atoms with Gasteiger partial charge in [0.2, 0.25) is 0 Å². The van der Waals surface area contributed by atoms with Crippen molar-refractivity contribution in [2.24, 2.45) is 0 Å². The first-order valence-electron chi connectivity index (χ1n) is 8.49. The number of para-hydroxylation sites is 2. The van der Waals surface area contributed by atoms with E-state index < -0.39 is 0 Å². The highest BCUT2D eigenvalue weighted by Gasteiger charge is 2.12. The first-order chi connectivity index (χ1) is 12.8. The Morgan fingerprint density at radius 3 is 2.62 bits per heavy atom. The summed E-state index contributed by atoms with van der Waals surface area (Å²) in [6.45, 7) is 3.09. The second kappa shape index (κ2) is 7.64. The van der Waals surface area contributed by atoms with E-state index in [-0.39, 0.29) is 0 Å². The molecule has 0 amide bonds. The summed E-state index contributed by atoms with van der Waals surface area (Å²) in [5.41, 5.74) is 4.13. The molecule has 26 heavy (non-hydrogen) atoms. The first kappa shape index (κ1) is 16.7. The molecule has 5 heteroatoms. The summed E-state index contributed by atoms with van der Waals surface area (Å²) in [6.07, 6.45) is 1.85. The predicted octanol–water partition coefficient (Wildman–Crippen LogP) is 5.14. The van der Waals surface area contributed by atoms with Crippen molar-refractivity contribution in [3.05, 3.63) is 88.5 Å². The van der Waals surface area contributed by atoms with Crippen LogP contribution in [0.3, 0.4) is 0 Å². The smallest absolute Gasteiger partial charge is 0.118 e. The molecular weight excluding hydrogens is 342 g/mol.